The molecule has 6 aromatic carbocycles. The van der Waals surface area contributed by atoms with Crippen LogP contribution in [0.2, 0.25) is 0 Å². The second kappa shape index (κ2) is 9.68. The van der Waals surface area contributed by atoms with Gasteiger partial charge in [0, 0.05) is 46.8 Å². The Balaban J connectivity index is 1.37. The molecule has 9 rings (SSSR count). The number of quaternary nitrogens is 1. The Hall–Kier alpha value is -5.64. The average Bonchev–Trinajstić information content (AvgIpc) is 3.20. The molecule has 0 fully saturated rings. The summed E-state index contributed by atoms with van der Waals surface area (Å²) in [5.41, 5.74) is 14.7. The summed E-state index contributed by atoms with van der Waals surface area (Å²) >= 11 is 0. The SMILES string of the molecule is Cn1c2c3c(ccc2c2ccc4c(c21)C=Cc1ccccc1[N+]4(C)c1ccccc1)N(c1ccccc1)c1ccccc1C=C3. The number of benzene rings is 6. The van der Waals surface area contributed by atoms with Crippen molar-refractivity contribution in [3.05, 3.63) is 156 Å². The lowest BCUT2D eigenvalue weighted by atomic mass is 10.0. The highest BCUT2D eigenvalue weighted by molar-refractivity contribution is 6.17. The van der Waals surface area contributed by atoms with E-state index >= 15 is 0 Å². The van der Waals surface area contributed by atoms with Gasteiger partial charge >= 0.3 is 0 Å². The number of fused-ring (bicyclic) bond motifs is 9. The van der Waals surface area contributed by atoms with Crippen molar-refractivity contribution < 1.29 is 0 Å². The molecule has 1 aromatic heterocycles. The molecule has 0 spiro atoms. The molecular formula is C42H32N3+. The highest BCUT2D eigenvalue weighted by atomic mass is 15.4. The molecule has 1 unspecified atom stereocenters. The van der Waals surface area contributed by atoms with Crippen LogP contribution >= 0.6 is 0 Å². The van der Waals surface area contributed by atoms with E-state index in [9.17, 15) is 0 Å². The van der Waals surface area contributed by atoms with Crippen molar-refractivity contribution in [3.63, 3.8) is 0 Å². The summed E-state index contributed by atoms with van der Waals surface area (Å²) < 4.78 is 3.02. The monoisotopic (exact) mass is 578 g/mol. The van der Waals surface area contributed by atoms with Crippen LogP contribution in [0.1, 0.15) is 22.3 Å². The van der Waals surface area contributed by atoms with Gasteiger partial charge in [-0.15, -0.1) is 0 Å². The zero-order valence-corrected chi connectivity index (χ0v) is 25.4. The molecule has 0 saturated heterocycles. The molecule has 0 radical (unpaired) electrons. The molecule has 0 saturated carbocycles. The van der Waals surface area contributed by atoms with Gasteiger partial charge in [0.05, 0.1) is 35.0 Å². The molecule has 2 aliphatic rings. The zero-order valence-electron chi connectivity index (χ0n) is 25.4. The Kier molecular flexibility index (Phi) is 5.56. The molecular weight excluding hydrogens is 546 g/mol. The average molecular weight is 579 g/mol. The van der Waals surface area contributed by atoms with Crippen LogP contribution in [0.3, 0.4) is 0 Å². The van der Waals surface area contributed by atoms with E-state index in [4.69, 9.17) is 0 Å². The maximum absolute atomic E-state index is 2.43. The van der Waals surface area contributed by atoms with E-state index in [1.807, 2.05) is 0 Å². The molecule has 214 valence electrons. The van der Waals surface area contributed by atoms with Crippen LogP contribution in [-0.2, 0) is 7.05 Å². The minimum absolute atomic E-state index is 0.589. The fourth-order valence-corrected chi connectivity index (χ4v) is 7.71. The van der Waals surface area contributed by atoms with Crippen molar-refractivity contribution >= 4 is 80.2 Å². The van der Waals surface area contributed by atoms with Crippen molar-refractivity contribution in [2.45, 2.75) is 0 Å². The lowest BCUT2D eigenvalue weighted by Gasteiger charge is -2.34. The molecule has 0 amide bonds. The van der Waals surface area contributed by atoms with Crippen molar-refractivity contribution in [2.24, 2.45) is 7.05 Å². The van der Waals surface area contributed by atoms with Gasteiger partial charge < -0.3 is 9.47 Å². The Morgan fingerprint density at radius 2 is 1.07 bits per heavy atom. The second-order valence-corrected chi connectivity index (χ2v) is 12.1. The third kappa shape index (κ3) is 3.62. The summed E-state index contributed by atoms with van der Waals surface area (Å²) in [5, 5.41) is 2.53. The lowest BCUT2D eigenvalue weighted by Crippen LogP contribution is -2.34. The van der Waals surface area contributed by atoms with Crippen molar-refractivity contribution in [1.82, 2.24) is 9.05 Å². The van der Waals surface area contributed by atoms with Gasteiger partial charge in [-0.05, 0) is 66.2 Å². The quantitative estimate of drug-likeness (QED) is 0.185. The Morgan fingerprint density at radius 1 is 0.467 bits per heavy atom. The normalized spacial score (nSPS) is 16.5. The molecule has 7 aromatic rings. The van der Waals surface area contributed by atoms with E-state index in [-0.39, 0.29) is 0 Å². The van der Waals surface area contributed by atoms with E-state index in [0.717, 1.165) is 5.69 Å². The first-order chi connectivity index (χ1) is 22.1. The minimum atomic E-state index is 0.589. The van der Waals surface area contributed by atoms with Crippen molar-refractivity contribution in [3.8, 4) is 0 Å². The number of aryl methyl sites for hydroxylation is 1. The number of hydrogen-bond acceptors (Lipinski definition) is 1. The topological polar surface area (TPSA) is 8.17 Å². The summed E-state index contributed by atoms with van der Waals surface area (Å²) in [6.07, 6.45) is 9.22. The third-order valence-corrected chi connectivity index (χ3v) is 9.81. The zero-order chi connectivity index (χ0) is 30.1. The highest BCUT2D eigenvalue weighted by Gasteiger charge is 2.37. The molecule has 3 heteroatoms. The molecule has 2 aliphatic heterocycles. The predicted octanol–water partition coefficient (Wildman–Crippen LogP) is 11.4. The first-order valence-corrected chi connectivity index (χ1v) is 15.6. The first-order valence-electron chi connectivity index (χ1n) is 15.6. The Morgan fingerprint density at radius 3 is 1.87 bits per heavy atom. The largest absolute Gasteiger partial charge is 0.342 e. The van der Waals surface area contributed by atoms with Crippen molar-refractivity contribution in [1.29, 1.82) is 0 Å². The van der Waals surface area contributed by atoms with Gasteiger partial charge in [0.1, 0.15) is 11.4 Å². The summed E-state index contributed by atoms with van der Waals surface area (Å²) in [4.78, 5) is 2.40. The van der Waals surface area contributed by atoms with Crippen LogP contribution in [0.5, 0.6) is 0 Å². The summed E-state index contributed by atoms with van der Waals surface area (Å²) in [6.45, 7) is 0. The molecule has 0 bridgehead atoms. The van der Waals surface area contributed by atoms with Gasteiger partial charge in [0.25, 0.3) is 0 Å². The lowest BCUT2D eigenvalue weighted by molar-refractivity contribution is 0.627. The number of aromatic nitrogens is 1. The standard InChI is InChI=1S/C42H32N3/c1-43-41-33(25-27-38-35(41)23-21-29-13-9-11-19-37(29)44(38)31-15-5-3-6-16-31)34-26-28-40-36(42(34)43)24-22-30-14-10-12-20-39(30)45(40,2)32-17-7-4-8-18-32/h3-28H,1-2H3/q+1. The maximum atomic E-state index is 2.43. The third-order valence-electron chi connectivity index (χ3n) is 9.81. The van der Waals surface area contributed by atoms with Gasteiger partial charge in [0.2, 0.25) is 0 Å². The van der Waals surface area contributed by atoms with Crippen LogP contribution in [-0.4, -0.2) is 11.6 Å². The summed E-state index contributed by atoms with van der Waals surface area (Å²) in [7, 11) is 4.57. The molecule has 3 nitrogen and oxygen atoms in total. The number of hydrogen-bond donors (Lipinski definition) is 0. The predicted molar refractivity (Wildman–Crippen MR) is 193 cm³/mol. The summed E-state index contributed by atoms with van der Waals surface area (Å²) in [6, 6.07) is 48.4. The molecule has 0 aliphatic carbocycles. The van der Waals surface area contributed by atoms with E-state index in [1.54, 1.807) is 0 Å². The van der Waals surface area contributed by atoms with Crippen LogP contribution in [0.25, 0.3) is 46.1 Å². The number of anilines is 3. The number of para-hydroxylation sites is 4. The first kappa shape index (κ1) is 25.8. The van der Waals surface area contributed by atoms with Gasteiger partial charge in [-0.2, -0.15) is 0 Å². The van der Waals surface area contributed by atoms with Crippen LogP contribution in [0, 0.1) is 0 Å². The van der Waals surface area contributed by atoms with Crippen LogP contribution < -0.4 is 9.38 Å². The fraction of sp³-hybridized carbons (Fsp3) is 0.0476. The smallest absolute Gasteiger partial charge is 0.152 e. The maximum Gasteiger partial charge on any atom is 0.152 e. The van der Waals surface area contributed by atoms with E-state index in [2.05, 4.69) is 181 Å². The van der Waals surface area contributed by atoms with Gasteiger partial charge in [-0.25, -0.2) is 4.48 Å². The van der Waals surface area contributed by atoms with Gasteiger partial charge in [-0.3, -0.25) is 0 Å². The minimum Gasteiger partial charge on any atom is -0.342 e. The Bertz CT molecular complexity index is 2340. The van der Waals surface area contributed by atoms with E-state index in [0.29, 0.717) is 4.48 Å². The van der Waals surface area contributed by atoms with Crippen molar-refractivity contribution in [2.75, 3.05) is 11.9 Å². The number of nitrogens with zero attached hydrogens (tertiary/aromatic N) is 3. The molecule has 45 heavy (non-hydrogen) atoms. The second-order valence-electron chi connectivity index (χ2n) is 12.1. The van der Waals surface area contributed by atoms with Gasteiger partial charge in [-0.1, -0.05) is 84.9 Å². The molecule has 3 heterocycles. The fourth-order valence-electron chi connectivity index (χ4n) is 7.71. The van der Waals surface area contributed by atoms with E-state index in [1.165, 1.54) is 72.5 Å². The van der Waals surface area contributed by atoms with Gasteiger partial charge in [0.15, 0.2) is 5.69 Å². The van der Waals surface area contributed by atoms with Crippen LogP contribution in [0.15, 0.2) is 133 Å². The molecule has 1 atom stereocenters. The number of rotatable bonds is 2. The van der Waals surface area contributed by atoms with Crippen LogP contribution in [0.4, 0.5) is 34.1 Å². The van der Waals surface area contributed by atoms with E-state index < -0.39 is 0 Å². The molecule has 0 N–H and O–H groups in total. The Labute approximate surface area is 263 Å². The highest BCUT2D eigenvalue weighted by Crippen LogP contribution is 2.51. The summed E-state index contributed by atoms with van der Waals surface area (Å²) in [5.74, 6) is 0.